The van der Waals surface area contributed by atoms with Gasteiger partial charge >= 0.3 is 5.97 Å². The fourth-order valence-corrected chi connectivity index (χ4v) is 1.98. The molecule has 22 heavy (non-hydrogen) atoms. The van der Waals surface area contributed by atoms with Crippen molar-refractivity contribution in [2.75, 3.05) is 30.4 Å². The van der Waals surface area contributed by atoms with Crippen LogP contribution in [0, 0.1) is 0 Å². The monoisotopic (exact) mass is 301 g/mol. The van der Waals surface area contributed by atoms with Gasteiger partial charge in [-0.2, -0.15) is 10.1 Å². The van der Waals surface area contributed by atoms with Gasteiger partial charge in [0.25, 0.3) is 0 Å². The van der Waals surface area contributed by atoms with Crippen LogP contribution in [0.15, 0.2) is 30.5 Å². The fraction of sp³-hybridized carbons (Fsp3) is 0.333. The molecule has 0 aliphatic carbocycles. The summed E-state index contributed by atoms with van der Waals surface area (Å²) in [5, 5.41) is 11.1. The van der Waals surface area contributed by atoms with E-state index in [0.29, 0.717) is 17.3 Å². The van der Waals surface area contributed by atoms with Gasteiger partial charge in [0.05, 0.1) is 18.9 Å². The number of benzene rings is 1. The first-order valence-electron chi connectivity index (χ1n) is 7.08. The van der Waals surface area contributed by atoms with E-state index in [9.17, 15) is 4.79 Å². The van der Waals surface area contributed by atoms with E-state index in [1.54, 1.807) is 18.2 Å². The summed E-state index contributed by atoms with van der Waals surface area (Å²) in [6, 6.07) is 7.00. The van der Waals surface area contributed by atoms with Crippen molar-refractivity contribution in [3.8, 4) is 0 Å². The van der Waals surface area contributed by atoms with Crippen molar-refractivity contribution in [1.82, 2.24) is 15.2 Å². The summed E-state index contributed by atoms with van der Waals surface area (Å²) in [7, 11) is 1.35. The number of nitrogens with zero attached hydrogens (tertiary/aromatic N) is 4. The largest absolute Gasteiger partial charge is 0.465 e. The number of methoxy groups -OCH3 is 1. The van der Waals surface area contributed by atoms with Crippen LogP contribution in [-0.2, 0) is 4.74 Å². The first-order valence-corrected chi connectivity index (χ1v) is 7.08. The summed E-state index contributed by atoms with van der Waals surface area (Å²) in [6.45, 7) is 5.68. The second-order valence-corrected chi connectivity index (χ2v) is 4.51. The zero-order valence-corrected chi connectivity index (χ0v) is 12.9. The number of carbonyl (C=O) groups is 1. The lowest BCUT2D eigenvalue weighted by atomic mass is 10.2. The molecular formula is C15H19N5O2. The molecule has 0 aliphatic heterocycles. The molecule has 0 atom stereocenters. The van der Waals surface area contributed by atoms with E-state index in [1.807, 2.05) is 24.8 Å². The zero-order valence-electron chi connectivity index (χ0n) is 12.9. The molecule has 2 rings (SSSR count). The molecule has 1 aromatic heterocycles. The predicted molar refractivity (Wildman–Crippen MR) is 84.5 cm³/mol. The molecule has 0 aliphatic rings. The third-order valence-electron chi connectivity index (χ3n) is 3.15. The minimum atomic E-state index is -0.381. The van der Waals surface area contributed by atoms with Gasteiger partial charge in [0.1, 0.15) is 0 Å². The molecule has 0 bridgehead atoms. The van der Waals surface area contributed by atoms with Crippen molar-refractivity contribution >= 4 is 23.4 Å². The third kappa shape index (κ3) is 3.69. The second kappa shape index (κ2) is 7.35. The quantitative estimate of drug-likeness (QED) is 0.819. The average molecular weight is 301 g/mol. The number of carbonyl (C=O) groups excluding carboxylic acids is 1. The number of rotatable bonds is 6. The summed E-state index contributed by atoms with van der Waals surface area (Å²) in [5.74, 6) is 0.756. The Morgan fingerprint density at radius 3 is 2.77 bits per heavy atom. The Morgan fingerprint density at radius 1 is 1.32 bits per heavy atom. The SMILES string of the molecule is CCN(CC)c1nncc(Nc2cccc(C(=O)OC)c2)n1. The van der Waals surface area contributed by atoms with Crippen LogP contribution in [0.4, 0.5) is 17.5 Å². The first-order chi connectivity index (χ1) is 10.7. The summed E-state index contributed by atoms with van der Waals surface area (Å²) in [6.07, 6.45) is 1.54. The molecule has 7 nitrogen and oxygen atoms in total. The van der Waals surface area contributed by atoms with Crippen molar-refractivity contribution in [2.45, 2.75) is 13.8 Å². The van der Waals surface area contributed by atoms with E-state index in [-0.39, 0.29) is 5.97 Å². The molecule has 1 heterocycles. The molecule has 1 N–H and O–H groups in total. The molecule has 7 heteroatoms. The number of hydrogen-bond donors (Lipinski definition) is 1. The van der Waals surface area contributed by atoms with E-state index in [0.717, 1.165) is 18.8 Å². The van der Waals surface area contributed by atoms with Crippen molar-refractivity contribution < 1.29 is 9.53 Å². The first kappa shape index (κ1) is 15.7. The van der Waals surface area contributed by atoms with Crippen LogP contribution in [0.1, 0.15) is 24.2 Å². The smallest absolute Gasteiger partial charge is 0.337 e. The molecule has 0 fully saturated rings. The molecule has 0 spiro atoms. The number of esters is 1. The van der Waals surface area contributed by atoms with Crippen LogP contribution in [0.5, 0.6) is 0 Å². The van der Waals surface area contributed by atoms with Crippen LogP contribution in [0.25, 0.3) is 0 Å². The van der Waals surface area contributed by atoms with Gasteiger partial charge in [-0.05, 0) is 32.0 Å². The van der Waals surface area contributed by atoms with E-state index in [4.69, 9.17) is 4.74 Å². The van der Waals surface area contributed by atoms with E-state index < -0.39 is 0 Å². The zero-order chi connectivity index (χ0) is 15.9. The van der Waals surface area contributed by atoms with Crippen LogP contribution < -0.4 is 10.2 Å². The summed E-state index contributed by atoms with van der Waals surface area (Å²) >= 11 is 0. The molecule has 0 unspecified atom stereocenters. The van der Waals surface area contributed by atoms with Gasteiger partial charge in [0.2, 0.25) is 5.95 Å². The molecule has 0 saturated carbocycles. The minimum absolute atomic E-state index is 0.381. The van der Waals surface area contributed by atoms with Crippen LogP contribution in [-0.4, -0.2) is 41.3 Å². The van der Waals surface area contributed by atoms with Gasteiger partial charge in [-0.25, -0.2) is 4.79 Å². The highest BCUT2D eigenvalue weighted by Gasteiger charge is 2.09. The lowest BCUT2D eigenvalue weighted by Gasteiger charge is -2.18. The van der Waals surface area contributed by atoms with E-state index >= 15 is 0 Å². The maximum atomic E-state index is 11.5. The van der Waals surface area contributed by atoms with Crippen LogP contribution in [0.2, 0.25) is 0 Å². The Labute approximate surface area is 129 Å². The van der Waals surface area contributed by atoms with Crippen molar-refractivity contribution in [1.29, 1.82) is 0 Å². The Balaban J connectivity index is 2.20. The maximum Gasteiger partial charge on any atom is 0.337 e. The highest BCUT2D eigenvalue weighted by molar-refractivity contribution is 5.90. The van der Waals surface area contributed by atoms with Gasteiger partial charge in [-0.15, -0.1) is 5.10 Å². The number of hydrogen-bond acceptors (Lipinski definition) is 7. The van der Waals surface area contributed by atoms with Gasteiger partial charge in [0, 0.05) is 18.8 Å². The van der Waals surface area contributed by atoms with E-state index in [1.165, 1.54) is 13.3 Å². The molecule has 1 aromatic carbocycles. The Kier molecular flexibility index (Phi) is 5.24. The number of nitrogens with one attached hydrogen (secondary N) is 1. The molecule has 2 aromatic rings. The summed E-state index contributed by atoms with van der Waals surface area (Å²) in [5.41, 5.74) is 1.20. The van der Waals surface area contributed by atoms with Crippen LogP contribution >= 0.6 is 0 Å². The second-order valence-electron chi connectivity index (χ2n) is 4.51. The Hall–Kier alpha value is -2.70. The van der Waals surface area contributed by atoms with Crippen molar-refractivity contribution in [3.63, 3.8) is 0 Å². The van der Waals surface area contributed by atoms with Crippen LogP contribution in [0.3, 0.4) is 0 Å². The van der Waals surface area contributed by atoms with Gasteiger partial charge in [-0.1, -0.05) is 6.07 Å². The fourth-order valence-electron chi connectivity index (χ4n) is 1.98. The Morgan fingerprint density at radius 2 is 2.09 bits per heavy atom. The highest BCUT2D eigenvalue weighted by atomic mass is 16.5. The standard InChI is InChI=1S/C15H19N5O2/c1-4-20(5-2)15-18-13(10-16-19-15)17-12-8-6-7-11(9-12)14(21)22-3/h6-10H,4-5H2,1-3H3,(H,17,18,19). The molecule has 0 saturated heterocycles. The average Bonchev–Trinajstić information content (AvgIpc) is 2.56. The highest BCUT2D eigenvalue weighted by Crippen LogP contribution is 2.17. The van der Waals surface area contributed by atoms with Crippen molar-refractivity contribution in [3.05, 3.63) is 36.0 Å². The Bertz CT molecular complexity index is 643. The van der Waals surface area contributed by atoms with Gasteiger partial charge in [-0.3, -0.25) is 0 Å². The summed E-state index contributed by atoms with van der Waals surface area (Å²) in [4.78, 5) is 18.0. The molecule has 0 radical (unpaired) electrons. The maximum absolute atomic E-state index is 11.5. The van der Waals surface area contributed by atoms with Gasteiger partial charge < -0.3 is 15.0 Å². The minimum Gasteiger partial charge on any atom is -0.465 e. The third-order valence-corrected chi connectivity index (χ3v) is 3.15. The van der Waals surface area contributed by atoms with E-state index in [2.05, 4.69) is 20.5 Å². The topological polar surface area (TPSA) is 80.2 Å². The predicted octanol–water partition coefficient (Wildman–Crippen LogP) is 2.25. The molecule has 0 amide bonds. The number of ether oxygens (including phenoxy) is 1. The summed E-state index contributed by atoms with van der Waals surface area (Å²) < 4.78 is 4.71. The lowest BCUT2D eigenvalue weighted by molar-refractivity contribution is 0.0601. The number of anilines is 3. The molecule has 116 valence electrons. The van der Waals surface area contributed by atoms with Crippen molar-refractivity contribution in [2.24, 2.45) is 0 Å². The normalized spacial score (nSPS) is 10.1. The lowest BCUT2D eigenvalue weighted by Crippen LogP contribution is -2.24. The molecular weight excluding hydrogens is 282 g/mol. The van der Waals surface area contributed by atoms with Gasteiger partial charge in [0.15, 0.2) is 5.82 Å². The number of aromatic nitrogens is 3.